The average molecular weight is 249 g/mol. The molecule has 1 aromatic carbocycles. The summed E-state index contributed by atoms with van der Waals surface area (Å²) in [6, 6.07) is 6.15. The van der Waals surface area contributed by atoms with Crippen LogP contribution in [0.5, 0.6) is 11.5 Å². The van der Waals surface area contributed by atoms with Gasteiger partial charge in [-0.25, -0.2) is 0 Å². The van der Waals surface area contributed by atoms with Crippen LogP contribution >= 0.6 is 0 Å². The minimum Gasteiger partial charge on any atom is -0.490 e. The van der Waals surface area contributed by atoms with Gasteiger partial charge in [-0.3, -0.25) is 0 Å². The minimum atomic E-state index is 0.0714. The van der Waals surface area contributed by atoms with E-state index in [4.69, 9.17) is 15.2 Å². The fourth-order valence-electron chi connectivity index (χ4n) is 2.35. The van der Waals surface area contributed by atoms with E-state index < -0.39 is 0 Å². The van der Waals surface area contributed by atoms with E-state index in [-0.39, 0.29) is 6.04 Å². The molecule has 1 aliphatic rings. The smallest absolute Gasteiger partial charge is 0.161 e. The van der Waals surface area contributed by atoms with Gasteiger partial charge in [0.2, 0.25) is 0 Å². The fraction of sp³-hybridized carbons (Fsp3) is 0.600. The standard InChI is InChI=1S/C15H23NO2/c1-3-5-11(2)15(16)12-6-7-13-14(10-12)18-9-4-8-17-13/h6-7,10-11,15H,3-5,8-9,16H2,1-2H3. The molecule has 1 aliphatic heterocycles. The molecule has 2 atom stereocenters. The molecule has 0 radical (unpaired) electrons. The molecular weight excluding hydrogens is 226 g/mol. The molecule has 3 heteroatoms. The summed E-state index contributed by atoms with van der Waals surface area (Å²) in [5.74, 6) is 2.16. The van der Waals surface area contributed by atoms with Crippen molar-refractivity contribution in [2.24, 2.45) is 11.7 Å². The molecule has 18 heavy (non-hydrogen) atoms. The lowest BCUT2D eigenvalue weighted by Crippen LogP contribution is -2.19. The summed E-state index contributed by atoms with van der Waals surface area (Å²) in [6.07, 6.45) is 3.25. The Morgan fingerprint density at radius 3 is 2.67 bits per heavy atom. The molecule has 1 heterocycles. The molecule has 2 rings (SSSR count). The van der Waals surface area contributed by atoms with Gasteiger partial charge in [-0.1, -0.05) is 26.3 Å². The first-order valence-corrected chi connectivity index (χ1v) is 6.87. The maximum atomic E-state index is 6.30. The first-order chi connectivity index (χ1) is 8.72. The van der Waals surface area contributed by atoms with Crippen LogP contribution in [0.1, 0.15) is 44.7 Å². The quantitative estimate of drug-likeness (QED) is 0.890. The molecule has 0 amide bonds. The van der Waals surface area contributed by atoms with Crippen LogP contribution in [-0.2, 0) is 0 Å². The maximum absolute atomic E-state index is 6.30. The first kappa shape index (κ1) is 13.2. The molecule has 0 aliphatic carbocycles. The molecule has 0 bridgehead atoms. The SMILES string of the molecule is CCCC(C)C(N)c1ccc2c(c1)OCCCO2. The van der Waals surface area contributed by atoms with E-state index in [1.54, 1.807) is 0 Å². The van der Waals surface area contributed by atoms with Gasteiger partial charge in [0.15, 0.2) is 11.5 Å². The predicted octanol–water partition coefficient (Wildman–Crippen LogP) is 3.28. The second kappa shape index (κ2) is 6.10. The lowest BCUT2D eigenvalue weighted by Gasteiger charge is -2.20. The highest BCUT2D eigenvalue weighted by Gasteiger charge is 2.17. The number of hydrogen-bond acceptors (Lipinski definition) is 3. The normalized spacial score (nSPS) is 17.9. The van der Waals surface area contributed by atoms with Crippen molar-refractivity contribution in [3.63, 3.8) is 0 Å². The lowest BCUT2D eigenvalue weighted by atomic mass is 9.91. The van der Waals surface area contributed by atoms with E-state index in [0.29, 0.717) is 5.92 Å². The van der Waals surface area contributed by atoms with Crippen molar-refractivity contribution >= 4 is 0 Å². The second-order valence-electron chi connectivity index (χ2n) is 5.05. The Hall–Kier alpha value is -1.22. The van der Waals surface area contributed by atoms with E-state index in [1.165, 1.54) is 6.42 Å². The summed E-state index contributed by atoms with van der Waals surface area (Å²) in [4.78, 5) is 0. The molecule has 1 aromatic rings. The van der Waals surface area contributed by atoms with Gasteiger partial charge in [0.25, 0.3) is 0 Å². The third-order valence-electron chi connectivity index (χ3n) is 3.51. The molecule has 2 N–H and O–H groups in total. The average Bonchev–Trinajstić information content (AvgIpc) is 2.62. The van der Waals surface area contributed by atoms with Gasteiger partial charge in [0.1, 0.15) is 0 Å². The third-order valence-corrected chi connectivity index (χ3v) is 3.51. The molecule has 3 nitrogen and oxygen atoms in total. The molecule has 0 aromatic heterocycles. The Morgan fingerprint density at radius 1 is 1.22 bits per heavy atom. The molecule has 100 valence electrons. The third kappa shape index (κ3) is 2.96. The second-order valence-corrected chi connectivity index (χ2v) is 5.05. The Bertz CT molecular complexity index is 392. The van der Waals surface area contributed by atoms with Gasteiger partial charge in [0, 0.05) is 12.5 Å². The monoisotopic (exact) mass is 249 g/mol. The van der Waals surface area contributed by atoms with Gasteiger partial charge >= 0.3 is 0 Å². The summed E-state index contributed by atoms with van der Waals surface area (Å²) in [5.41, 5.74) is 7.44. The Labute approximate surface area is 109 Å². The van der Waals surface area contributed by atoms with Crippen molar-refractivity contribution in [2.75, 3.05) is 13.2 Å². The van der Waals surface area contributed by atoms with Crippen LogP contribution in [0.2, 0.25) is 0 Å². The van der Waals surface area contributed by atoms with Crippen molar-refractivity contribution in [3.05, 3.63) is 23.8 Å². The molecular formula is C15H23NO2. The molecule has 2 unspecified atom stereocenters. The van der Waals surface area contributed by atoms with Crippen LogP contribution in [0.25, 0.3) is 0 Å². The highest BCUT2D eigenvalue weighted by atomic mass is 16.5. The van der Waals surface area contributed by atoms with E-state index in [9.17, 15) is 0 Å². The highest BCUT2D eigenvalue weighted by molar-refractivity contribution is 5.44. The summed E-state index contributed by atoms with van der Waals surface area (Å²) in [7, 11) is 0. The van der Waals surface area contributed by atoms with Crippen molar-refractivity contribution in [1.82, 2.24) is 0 Å². The van der Waals surface area contributed by atoms with Gasteiger partial charge < -0.3 is 15.2 Å². The number of fused-ring (bicyclic) bond motifs is 1. The maximum Gasteiger partial charge on any atom is 0.161 e. The number of rotatable bonds is 4. The summed E-state index contributed by atoms with van der Waals surface area (Å²) in [5, 5.41) is 0. The number of ether oxygens (including phenoxy) is 2. The van der Waals surface area contributed by atoms with E-state index in [2.05, 4.69) is 19.9 Å². The molecule has 0 saturated heterocycles. The number of nitrogens with two attached hydrogens (primary N) is 1. The minimum absolute atomic E-state index is 0.0714. The van der Waals surface area contributed by atoms with Crippen molar-refractivity contribution in [3.8, 4) is 11.5 Å². The lowest BCUT2D eigenvalue weighted by molar-refractivity contribution is 0.297. The number of hydrogen-bond donors (Lipinski definition) is 1. The number of benzene rings is 1. The van der Waals surface area contributed by atoms with Crippen LogP contribution in [-0.4, -0.2) is 13.2 Å². The first-order valence-electron chi connectivity index (χ1n) is 6.87. The van der Waals surface area contributed by atoms with Gasteiger partial charge in [-0.2, -0.15) is 0 Å². The van der Waals surface area contributed by atoms with Gasteiger partial charge in [-0.05, 0) is 30.0 Å². The van der Waals surface area contributed by atoms with Gasteiger partial charge in [0.05, 0.1) is 13.2 Å². The Kier molecular flexibility index (Phi) is 4.48. The van der Waals surface area contributed by atoms with Crippen molar-refractivity contribution < 1.29 is 9.47 Å². The van der Waals surface area contributed by atoms with E-state index >= 15 is 0 Å². The van der Waals surface area contributed by atoms with E-state index in [1.807, 2.05) is 12.1 Å². The zero-order chi connectivity index (χ0) is 13.0. The molecule has 0 saturated carbocycles. The summed E-state index contributed by atoms with van der Waals surface area (Å²) in [6.45, 7) is 5.84. The molecule has 0 spiro atoms. The Balaban J connectivity index is 2.17. The van der Waals surface area contributed by atoms with Crippen LogP contribution in [0, 0.1) is 5.92 Å². The predicted molar refractivity (Wildman–Crippen MR) is 73.0 cm³/mol. The topological polar surface area (TPSA) is 44.5 Å². The van der Waals surface area contributed by atoms with Gasteiger partial charge in [-0.15, -0.1) is 0 Å². The van der Waals surface area contributed by atoms with Crippen molar-refractivity contribution in [1.29, 1.82) is 0 Å². The van der Waals surface area contributed by atoms with E-state index in [0.717, 1.165) is 43.1 Å². The zero-order valence-corrected chi connectivity index (χ0v) is 11.3. The van der Waals surface area contributed by atoms with Crippen molar-refractivity contribution in [2.45, 2.75) is 39.2 Å². The highest BCUT2D eigenvalue weighted by Crippen LogP contribution is 2.34. The van der Waals surface area contributed by atoms with Crippen LogP contribution in [0.4, 0.5) is 0 Å². The molecule has 0 fully saturated rings. The fourth-order valence-corrected chi connectivity index (χ4v) is 2.35. The van der Waals surface area contributed by atoms with Crippen LogP contribution in [0.15, 0.2) is 18.2 Å². The van der Waals surface area contributed by atoms with Crippen LogP contribution < -0.4 is 15.2 Å². The Morgan fingerprint density at radius 2 is 1.94 bits per heavy atom. The summed E-state index contributed by atoms with van der Waals surface area (Å²) >= 11 is 0. The largest absolute Gasteiger partial charge is 0.490 e. The van der Waals surface area contributed by atoms with Crippen LogP contribution in [0.3, 0.4) is 0 Å². The zero-order valence-electron chi connectivity index (χ0n) is 11.3. The summed E-state index contributed by atoms with van der Waals surface area (Å²) < 4.78 is 11.3.